The minimum absolute atomic E-state index is 0.166. The van der Waals surface area contributed by atoms with Crippen molar-refractivity contribution in [2.24, 2.45) is 17.8 Å². The number of ketones is 1. The Morgan fingerprint density at radius 3 is 2.56 bits per heavy atom. The van der Waals surface area contributed by atoms with Gasteiger partial charge in [-0.1, -0.05) is 44.3 Å². The van der Waals surface area contributed by atoms with E-state index in [2.05, 4.69) is 13.0 Å². The van der Waals surface area contributed by atoms with Crippen molar-refractivity contribution in [3.63, 3.8) is 0 Å². The van der Waals surface area contributed by atoms with Crippen LogP contribution in [-0.2, 0) is 9.59 Å². The van der Waals surface area contributed by atoms with Crippen molar-refractivity contribution in [3.05, 3.63) is 11.6 Å². The van der Waals surface area contributed by atoms with E-state index < -0.39 is 12.1 Å². The lowest BCUT2D eigenvalue weighted by Gasteiger charge is -2.19. The largest absolute Gasteiger partial charge is 0.481 e. The summed E-state index contributed by atoms with van der Waals surface area (Å²) in [6.07, 6.45) is 12.4. The molecule has 0 aromatic rings. The second-order valence-electron chi connectivity index (χ2n) is 7.94. The zero-order valence-electron chi connectivity index (χ0n) is 15.6. The molecule has 0 unspecified atom stereocenters. The fourth-order valence-electron chi connectivity index (χ4n) is 4.71. The van der Waals surface area contributed by atoms with E-state index in [0.29, 0.717) is 24.7 Å². The first-order valence-electron chi connectivity index (χ1n) is 10.1. The van der Waals surface area contributed by atoms with Gasteiger partial charge in [0, 0.05) is 18.8 Å². The average Bonchev–Trinajstić information content (AvgIpc) is 3.06. The van der Waals surface area contributed by atoms with Gasteiger partial charge >= 0.3 is 5.97 Å². The second kappa shape index (κ2) is 10.1. The molecule has 25 heavy (non-hydrogen) atoms. The quantitative estimate of drug-likeness (QED) is 0.425. The Kier molecular flexibility index (Phi) is 8.14. The average molecular weight is 350 g/mol. The highest BCUT2D eigenvalue weighted by molar-refractivity contribution is 5.82. The number of allylic oxidation sites excluding steroid dienone is 2. The predicted molar refractivity (Wildman–Crippen MR) is 98.3 cm³/mol. The molecule has 2 saturated carbocycles. The van der Waals surface area contributed by atoms with Crippen LogP contribution < -0.4 is 0 Å². The number of aliphatic carboxylic acids is 1. The lowest BCUT2D eigenvalue weighted by Crippen LogP contribution is -2.28. The van der Waals surface area contributed by atoms with Gasteiger partial charge in [-0.2, -0.15) is 0 Å². The van der Waals surface area contributed by atoms with Gasteiger partial charge in [-0.25, -0.2) is 0 Å². The molecule has 0 radical (unpaired) electrons. The van der Waals surface area contributed by atoms with Crippen LogP contribution in [0.4, 0.5) is 0 Å². The van der Waals surface area contributed by atoms with E-state index in [1.165, 1.54) is 24.8 Å². The molecule has 4 heteroatoms. The third-order valence-corrected chi connectivity index (χ3v) is 5.97. The van der Waals surface area contributed by atoms with Crippen molar-refractivity contribution in [2.75, 3.05) is 0 Å². The Hall–Kier alpha value is -1.16. The normalized spacial score (nSPS) is 29.9. The number of unbranched alkanes of at least 4 members (excludes halogenated alkanes) is 5. The molecule has 0 saturated heterocycles. The molecule has 2 fully saturated rings. The molecule has 2 N–H and O–H groups in total. The van der Waals surface area contributed by atoms with E-state index in [1.54, 1.807) is 0 Å². The van der Waals surface area contributed by atoms with E-state index in [9.17, 15) is 14.7 Å². The predicted octanol–water partition coefficient (Wildman–Crippen LogP) is 4.50. The van der Waals surface area contributed by atoms with Gasteiger partial charge in [0.05, 0.1) is 6.10 Å². The number of rotatable bonds is 11. The Bertz CT molecular complexity index is 482. The van der Waals surface area contributed by atoms with Crippen LogP contribution in [0.25, 0.3) is 0 Å². The molecule has 0 aliphatic heterocycles. The third-order valence-electron chi connectivity index (χ3n) is 5.97. The number of carboxylic acids is 1. The van der Waals surface area contributed by atoms with E-state index in [1.807, 2.05) is 0 Å². The molecule has 0 amide bonds. The van der Waals surface area contributed by atoms with Crippen molar-refractivity contribution in [1.29, 1.82) is 0 Å². The maximum Gasteiger partial charge on any atom is 0.303 e. The fraction of sp³-hybridized carbons (Fsp3) is 0.810. The number of aliphatic hydroxyl groups is 1. The molecule has 0 aromatic heterocycles. The number of fused-ring (bicyclic) bond motifs is 1. The molecule has 0 spiro atoms. The minimum atomic E-state index is -0.741. The summed E-state index contributed by atoms with van der Waals surface area (Å²) in [5.74, 6) is 0.109. The van der Waals surface area contributed by atoms with E-state index in [-0.39, 0.29) is 18.1 Å². The zero-order chi connectivity index (χ0) is 18.2. The molecule has 4 nitrogen and oxygen atoms in total. The summed E-state index contributed by atoms with van der Waals surface area (Å²) < 4.78 is 0. The summed E-state index contributed by atoms with van der Waals surface area (Å²) in [5, 5.41) is 19.1. The molecule has 0 aromatic carbocycles. The standard InChI is InChI=1S/C21H34O4/c1-2-3-4-5-6-10-18(22)21-17-13-15(9-7-8-11-20(24)25)12-16(17)14-19(21)23/h9,16-17,19,21,23H,2-8,10-14H2,1H3,(H,24,25)/t16-,17+,19-,21+/m0/s1. The second-order valence-corrected chi connectivity index (χ2v) is 7.94. The van der Waals surface area contributed by atoms with Crippen molar-refractivity contribution < 1.29 is 19.8 Å². The van der Waals surface area contributed by atoms with Gasteiger partial charge in [0.15, 0.2) is 0 Å². The van der Waals surface area contributed by atoms with Gasteiger partial charge in [-0.15, -0.1) is 0 Å². The van der Waals surface area contributed by atoms with Crippen LogP contribution in [0.2, 0.25) is 0 Å². The van der Waals surface area contributed by atoms with Gasteiger partial charge in [0.1, 0.15) is 5.78 Å². The van der Waals surface area contributed by atoms with Crippen LogP contribution in [0.15, 0.2) is 11.6 Å². The summed E-state index contributed by atoms with van der Waals surface area (Å²) in [7, 11) is 0. The highest BCUT2D eigenvalue weighted by Crippen LogP contribution is 2.50. The SMILES string of the molecule is CCCCCCCC(=O)[C@H]1[C@@H]2CC(=CCCCC(=O)O)C[C@H]2C[C@@H]1O. The number of hydrogen-bond donors (Lipinski definition) is 2. The number of carbonyl (C=O) groups excluding carboxylic acids is 1. The summed E-state index contributed by atoms with van der Waals surface area (Å²) in [6, 6.07) is 0. The molecular weight excluding hydrogens is 316 g/mol. The molecule has 2 rings (SSSR count). The molecule has 2 aliphatic carbocycles. The maximum atomic E-state index is 12.6. The van der Waals surface area contributed by atoms with Gasteiger partial charge in [0.25, 0.3) is 0 Å². The van der Waals surface area contributed by atoms with E-state index in [4.69, 9.17) is 5.11 Å². The number of Topliss-reactive ketones (excluding diaryl/α,β-unsaturated/α-hetero) is 1. The number of aliphatic hydroxyl groups excluding tert-OH is 1. The monoisotopic (exact) mass is 350 g/mol. The summed E-state index contributed by atoms with van der Waals surface area (Å²) in [5.41, 5.74) is 1.37. The highest BCUT2D eigenvalue weighted by atomic mass is 16.4. The lowest BCUT2D eigenvalue weighted by atomic mass is 9.85. The Labute approximate surface area is 151 Å². The van der Waals surface area contributed by atoms with Crippen LogP contribution in [0.1, 0.15) is 84.0 Å². The van der Waals surface area contributed by atoms with E-state index in [0.717, 1.165) is 38.5 Å². The van der Waals surface area contributed by atoms with Crippen LogP contribution in [0.3, 0.4) is 0 Å². The topological polar surface area (TPSA) is 74.6 Å². The van der Waals surface area contributed by atoms with Crippen LogP contribution >= 0.6 is 0 Å². The van der Waals surface area contributed by atoms with Gasteiger partial charge in [-0.05, 0) is 50.4 Å². The molecule has 0 bridgehead atoms. The van der Waals surface area contributed by atoms with Crippen molar-refractivity contribution in [1.82, 2.24) is 0 Å². The van der Waals surface area contributed by atoms with Gasteiger partial charge < -0.3 is 10.2 Å². The third kappa shape index (κ3) is 5.95. The first-order chi connectivity index (χ1) is 12.0. The maximum absolute atomic E-state index is 12.6. The van der Waals surface area contributed by atoms with Crippen LogP contribution in [0, 0.1) is 17.8 Å². The zero-order valence-corrected chi connectivity index (χ0v) is 15.6. The van der Waals surface area contributed by atoms with Crippen molar-refractivity contribution in [2.45, 2.75) is 90.1 Å². The first-order valence-corrected chi connectivity index (χ1v) is 10.1. The highest BCUT2D eigenvalue weighted by Gasteiger charge is 2.48. The van der Waals surface area contributed by atoms with Gasteiger partial charge in [-0.3, -0.25) is 9.59 Å². The molecule has 2 aliphatic rings. The molecule has 142 valence electrons. The summed E-state index contributed by atoms with van der Waals surface area (Å²) in [6.45, 7) is 2.19. The first kappa shape index (κ1) is 20.2. The van der Waals surface area contributed by atoms with Crippen LogP contribution in [-0.4, -0.2) is 28.1 Å². The molecule has 4 atom stereocenters. The Balaban J connectivity index is 1.79. The van der Waals surface area contributed by atoms with Crippen molar-refractivity contribution in [3.8, 4) is 0 Å². The van der Waals surface area contributed by atoms with E-state index >= 15 is 0 Å². The smallest absolute Gasteiger partial charge is 0.303 e. The molecule has 0 heterocycles. The van der Waals surface area contributed by atoms with Crippen molar-refractivity contribution >= 4 is 11.8 Å². The fourth-order valence-corrected chi connectivity index (χ4v) is 4.71. The number of carbonyl (C=O) groups is 2. The Morgan fingerprint density at radius 1 is 1.08 bits per heavy atom. The summed E-state index contributed by atoms with van der Waals surface area (Å²) in [4.78, 5) is 23.2. The molecular formula is C21H34O4. The van der Waals surface area contributed by atoms with Gasteiger partial charge in [0.2, 0.25) is 0 Å². The number of carboxylic acid groups (broad SMARTS) is 1. The summed E-state index contributed by atoms with van der Waals surface area (Å²) >= 11 is 0. The lowest BCUT2D eigenvalue weighted by molar-refractivity contribution is -0.137. The minimum Gasteiger partial charge on any atom is -0.481 e. The Morgan fingerprint density at radius 2 is 1.84 bits per heavy atom. The van der Waals surface area contributed by atoms with Crippen LogP contribution in [0.5, 0.6) is 0 Å². The number of hydrogen-bond acceptors (Lipinski definition) is 3.